The van der Waals surface area contributed by atoms with E-state index < -0.39 is 5.60 Å². The summed E-state index contributed by atoms with van der Waals surface area (Å²) in [5.41, 5.74) is 0.0146. The lowest BCUT2D eigenvalue weighted by Crippen LogP contribution is -2.40. The lowest BCUT2D eigenvalue weighted by Gasteiger charge is -2.28. The number of hydrogen-bond acceptors (Lipinski definition) is 3. The van der Waals surface area contributed by atoms with Crippen LogP contribution in [0.25, 0.3) is 0 Å². The van der Waals surface area contributed by atoms with Gasteiger partial charge in [-0.05, 0) is 44.2 Å². The summed E-state index contributed by atoms with van der Waals surface area (Å²) in [4.78, 5) is 13.8. The molecule has 0 spiro atoms. The van der Waals surface area contributed by atoms with Crippen LogP contribution in [0, 0.1) is 5.82 Å². The van der Waals surface area contributed by atoms with Crippen molar-refractivity contribution in [3.63, 3.8) is 0 Å². The highest BCUT2D eigenvalue weighted by Crippen LogP contribution is 2.29. The Kier molecular flexibility index (Phi) is 5.31. The average molecular weight is 294 g/mol. The monoisotopic (exact) mass is 294 g/mol. The Labute approximate surface area is 125 Å². The molecule has 0 heterocycles. The maximum absolute atomic E-state index is 12.8. The summed E-state index contributed by atoms with van der Waals surface area (Å²) in [7, 11) is 1.92. The molecule has 1 aliphatic rings. The minimum Gasteiger partial charge on any atom is -0.389 e. The third-order valence-corrected chi connectivity index (χ3v) is 3.95. The number of likely N-dealkylation sites (N-methyl/N-ethyl adjacent to an activating group) is 1. The minimum absolute atomic E-state index is 0.105. The van der Waals surface area contributed by atoms with E-state index in [0.717, 1.165) is 25.7 Å². The molecule has 4 nitrogen and oxygen atoms in total. The molecule has 0 saturated heterocycles. The first-order chi connectivity index (χ1) is 9.97. The van der Waals surface area contributed by atoms with E-state index >= 15 is 0 Å². The highest BCUT2D eigenvalue weighted by molar-refractivity contribution is 5.90. The number of halogens is 1. The first kappa shape index (κ1) is 15.9. The number of carbonyl (C=O) groups excluding carboxylic acids is 1. The number of hydrogen-bond donors (Lipinski definition) is 2. The van der Waals surface area contributed by atoms with Gasteiger partial charge in [-0.1, -0.05) is 12.8 Å². The first-order valence-corrected chi connectivity index (χ1v) is 7.43. The standard InChI is InChI=1S/C16H23FN2O2/c1-19(12-16(21)9-2-3-10-16)11-8-15(20)18-14-6-4-13(17)5-7-14/h4-7,21H,2-3,8-12H2,1H3,(H,18,20). The van der Waals surface area contributed by atoms with E-state index in [9.17, 15) is 14.3 Å². The van der Waals surface area contributed by atoms with Crippen molar-refractivity contribution in [3.05, 3.63) is 30.1 Å². The van der Waals surface area contributed by atoms with Crippen molar-refractivity contribution in [2.45, 2.75) is 37.7 Å². The van der Waals surface area contributed by atoms with Crippen LogP contribution in [0.1, 0.15) is 32.1 Å². The summed E-state index contributed by atoms with van der Waals surface area (Å²) in [6.07, 6.45) is 4.20. The molecule has 1 aliphatic carbocycles. The predicted octanol–water partition coefficient (Wildman–Crippen LogP) is 2.39. The topological polar surface area (TPSA) is 52.6 Å². The molecular weight excluding hydrogens is 271 g/mol. The van der Waals surface area contributed by atoms with E-state index in [1.165, 1.54) is 24.3 Å². The van der Waals surface area contributed by atoms with Gasteiger partial charge in [0.05, 0.1) is 5.60 Å². The molecule has 1 aromatic rings. The molecule has 1 amide bonds. The largest absolute Gasteiger partial charge is 0.389 e. The molecule has 1 fully saturated rings. The summed E-state index contributed by atoms with van der Waals surface area (Å²) in [5, 5.41) is 13.0. The smallest absolute Gasteiger partial charge is 0.225 e. The molecular formula is C16H23FN2O2. The summed E-state index contributed by atoms with van der Waals surface area (Å²) < 4.78 is 12.8. The van der Waals surface area contributed by atoms with Gasteiger partial charge in [0.2, 0.25) is 5.91 Å². The molecule has 116 valence electrons. The van der Waals surface area contributed by atoms with Crippen LogP contribution in [0.4, 0.5) is 10.1 Å². The molecule has 0 bridgehead atoms. The second-order valence-electron chi connectivity index (χ2n) is 5.97. The lowest BCUT2D eigenvalue weighted by atomic mass is 10.0. The Morgan fingerprint density at radius 2 is 1.95 bits per heavy atom. The van der Waals surface area contributed by atoms with Gasteiger partial charge < -0.3 is 15.3 Å². The van der Waals surface area contributed by atoms with Crippen LogP contribution in [-0.4, -0.2) is 41.7 Å². The van der Waals surface area contributed by atoms with Crippen molar-refractivity contribution in [1.29, 1.82) is 0 Å². The van der Waals surface area contributed by atoms with E-state index in [1.54, 1.807) is 0 Å². The number of nitrogens with zero attached hydrogens (tertiary/aromatic N) is 1. The zero-order chi connectivity index (χ0) is 15.3. The van der Waals surface area contributed by atoms with Crippen molar-refractivity contribution in [3.8, 4) is 0 Å². The third kappa shape index (κ3) is 5.10. The minimum atomic E-state index is -0.581. The number of nitrogens with one attached hydrogen (secondary N) is 1. The van der Waals surface area contributed by atoms with Crippen molar-refractivity contribution in [2.24, 2.45) is 0 Å². The SMILES string of the molecule is CN(CCC(=O)Nc1ccc(F)cc1)CC1(O)CCCC1. The van der Waals surface area contributed by atoms with E-state index in [4.69, 9.17) is 0 Å². The fourth-order valence-corrected chi connectivity index (χ4v) is 2.82. The van der Waals surface area contributed by atoms with Crippen LogP contribution in [0.2, 0.25) is 0 Å². The van der Waals surface area contributed by atoms with Crippen LogP contribution >= 0.6 is 0 Å². The van der Waals surface area contributed by atoms with Crippen molar-refractivity contribution in [2.75, 3.05) is 25.5 Å². The molecule has 2 rings (SSSR count). The van der Waals surface area contributed by atoms with Crippen LogP contribution in [-0.2, 0) is 4.79 Å². The van der Waals surface area contributed by atoms with E-state index in [2.05, 4.69) is 5.32 Å². The van der Waals surface area contributed by atoms with Gasteiger partial charge in [0.25, 0.3) is 0 Å². The van der Waals surface area contributed by atoms with E-state index in [0.29, 0.717) is 25.2 Å². The molecule has 0 radical (unpaired) electrons. The van der Waals surface area contributed by atoms with Gasteiger partial charge in [-0.25, -0.2) is 4.39 Å². The van der Waals surface area contributed by atoms with Crippen LogP contribution in [0.5, 0.6) is 0 Å². The molecule has 1 saturated carbocycles. The number of carbonyl (C=O) groups is 1. The van der Waals surface area contributed by atoms with Gasteiger partial charge in [0.15, 0.2) is 0 Å². The summed E-state index contributed by atoms with van der Waals surface area (Å²) >= 11 is 0. The van der Waals surface area contributed by atoms with Gasteiger partial charge >= 0.3 is 0 Å². The molecule has 0 aromatic heterocycles. The molecule has 2 N–H and O–H groups in total. The molecule has 1 aromatic carbocycles. The molecule has 0 unspecified atom stereocenters. The van der Waals surface area contributed by atoms with Gasteiger partial charge in [-0.3, -0.25) is 4.79 Å². The highest BCUT2D eigenvalue weighted by Gasteiger charge is 2.32. The van der Waals surface area contributed by atoms with Crippen LogP contribution < -0.4 is 5.32 Å². The summed E-state index contributed by atoms with van der Waals surface area (Å²) in [5.74, 6) is -0.426. The van der Waals surface area contributed by atoms with Crippen LogP contribution in [0.3, 0.4) is 0 Å². The molecule has 0 aliphatic heterocycles. The summed E-state index contributed by atoms with van der Waals surface area (Å²) in [6.45, 7) is 1.20. The van der Waals surface area contributed by atoms with Gasteiger partial charge in [0.1, 0.15) is 5.82 Å². The third-order valence-electron chi connectivity index (χ3n) is 3.95. The normalized spacial score (nSPS) is 17.1. The molecule has 0 atom stereocenters. The number of anilines is 1. The maximum atomic E-state index is 12.8. The Balaban J connectivity index is 1.72. The quantitative estimate of drug-likeness (QED) is 0.847. The Morgan fingerprint density at radius 1 is 1.33 bits per heavy atom. The highest BCUT2D eigenvalue weighted by atomic mass is 19.1. The van der Waals surface area contributed by atoms with Crippen molar-refractivity contribution < 1.29 is 14.3 Å². The fourth-order valence-electron chi connectivity index (χ4n) is 2.82. The Morgan fingerprint density at radius 3 is 2.57 bits per heavy atom. The second kappa shape index (κ2) is 7.00. The predicted molar refractivity (Wildman–Crippen MR) is 80.6 cm³/mol. The maximum Gasteiger partial charge on any atom is 0.225 e. The number of benzene rings is 1. The Hall–Kier alpha value is -1.46. The van der Waals surface area contributed by atoms with E-state index in [1.807, 2.05) is 11.9 Å². The van der Waals surface area contributed by atoms with Crippen LogP contribution in [0.15, 0.2) is 24.3 Å². The number of rotatable bonds is 6. The number of aliphatic hydroxyl groups is 1. The zero-order valence-corrected chi connectivity index (χ0v) is 12.4. The van der Waals surface area contributed by atoms with Gasteiger partial charge in [-0.15, -0.1) is 0 Å². The Bertz CT molecular complexity index is 470. The fraction of sp³-hybridized carbons (Fsp3) is 0.562. The second-order valence-corrected chi connectivity index (χ2v) is 5.97. The average Bonchev–Trinajstić information content (AvgIpc) is 2.85. The molecule has 5 heteroatoms. The van der Waals surface area contributed by atoms with Gasteiger partial charge in [-0.2, -0.15) is 0 Å². The lowest BCUT2D eigenvalue weighted by molar-refractivity contribution is -0.116. The van der Waals surface area contributed by atoms with E-state index in [-0.39, 0.29) is 11.7 Å². The van der Waals surface area contributed by atoms with Crippen molar-refractivity contribution >= 4 is 11.6 Å². The van der Waals surface area contributed by atoms with Gasteiger partial charge in [0, 0.05) is 25.2 Å². The van der Waals surface area contributed by atoms with Crippen molar-refractivity contribution in [1.82, 2.24) is 4.90 Å². The first-order valence-electron chi connectivity index (χ1n) is 7.43. The molecule has 21 heavy (non-hydrogen) atoms. The number of amides is 1. The summed E-state index contributed by atoms with van der Waals surface area (Å²) in [6, 6.07) is 5.71. The zero-order valence-electron chi connectivity index (χ0n) is 12.4.